The Balaban J connectivity index is 2.28. The number of rotatable bonds is 4. The molecule has 11 heavy (non-hydrogen) atoms. The molecule has 0 aliphatic heterocycles. The van der Waals surface area contributed by atoms with Gasteiger partial charge in [0.2, 0.25) is 0 Å². The molecule has 0 saturated carbocycles. The molecule has 0 fully saturated rings. The zero-order valence-corrected chi connectivity index (χ0v) is 6.32. The van der Waals surface area contributed by atoms with Gasteiger partial charge in [-0.2, -0.15) is 4.89 Å². The van der Waals surface area contributed by atoms with Crippen molar-refractivity contribution in [3.63, 3.8) is 0 Å². The summed E-state index contributed by atoms with van der Waals surface area (Å²) in [5, 5.41) is 0. The van der Waals surface area contributed by atoms with Crippen LogP contribution in [0, 0.1) is 0 Å². The summed E-state index contributed by atoms with van der Waals surface area (Å²) in [6.45, 7) is 0.134. The minimum Gasteiger partial charge on any atom is -0.355 e. The second kappa shape index (κ2) is 4.71. The van der Waals surface area contributed by atoms with Crippen LogP contribution in [0.5, 0.6) is 5.75 Å². The SMILES string of the molecule is COCOOc1ccccc1. The van der Waals surface area contributed by atoms with E-state index in [1.165, 1.54) is 7.11 Å². The fourth-order valence-electron chi connectivity index (χ4n) is 0.616. The van der Waals surface area contributed by atoms with E-state index in [0.29, 0.717) is 5.75 Å². The molecule has 0 aromatic heterocycles. The van der Waals surface area contributed by atoms with Crippen LogP contribution >= 0.6 is 0 Å². The normalized spacial score (nSPS) is 9.55. The summed E-state index contributed by atoms with van der Waals surface area (Å²) in [4.78, 5) is 9.47. The van der Waals surface area contributed by atoms with E-state index in [9.17, 15) is 0 Å². The van der Waals surface area contributed by atoms with Crippen molar-refractivity contribution in [3.8, 4) is 5.75 Å². The van der Waals surface area contributed by atoms with E-state index in [-0.39, 0.29) is 6.79 Å². The van der Waals surface area contributed by atoms with Crippen molar-refractivity contribution in [1.82, 2.24) is 0 Å². The maximum Gasteiger partial charge on any atom is 0.192 e. The Hall–Kier alpha value is -1.06. The Morgan fingerprint density at radius 1 is 1.18 bits per heavy atom. The van der Waals surface area contributed by atoms with Gasteiger partial charge < -0.3 is 9.62 Å². The first-order valence-corrected chi connectivity index (χ1v) is 3.27. The van der Waals surface area contributed by atoms with E-state index < -0.39 is 0 Å². The molecule has 1 aromatic rings. The molecule has 0 aliphatic carbocycles. The first-order valence-electron chi connectivity index (χ1n) is 3.27. The molecule has 60 valence electrons. The topological polar surface area (TPSA) is 27.7 Å². The van der Waals surface area contributed by atoms with Gasteiger partial charge in [0.1, 0.15) is 0 Å². The second-order valence-electron chi connectivity index (χ2n) is 1.92. The summed E-state index contributed by atoms with van der Waals surface area (Å²) in [5.41, 5.74) is 0. The van der Waals surface area contributed by atoms with Gasteiger partial charge in [0.25, 0.3) is 0 Å². The zero-order chi connectivity index (χ0) is 7.94. The van der Waals surface area contributed by atoms with E-state index in [0.717, 1.165) is 0 Å². The molecule has 0 radical (unpaired) electrons. The fraction of sp³-hybridized carbons (Fsp3) is 0.250. The molecule has 0 N–H and O–H groups in total. The summed E-state index contributed by atoms with van der Waals surface area (Å²) < 4.78 is 4.62. The van der Waals surface area contributed by atoms with Crippen molar-refractivity contribution in [2.75, 3.05) is 13.9 Å². The van der Waals surface area contributed by atoms with Gasteiger partial charge in [-0.15, -0.1) is 0 Å². The van der Waals surface area contributed by atoms with Crippen molar-refractivity contribution in [1.29, 1.82) is 0 Å². The average molecular weight is 154 g/mol. The number of benzene rings is 1. The summed E-state index contributed by atoms with van der Waals surface area (Å²) in [7, 11) is 1.54. The molecule has 0 bridgehead atoms. The number of methoxy groups -OCH3 is 1. The Bertz CT molecular complexity index is 186. The lowest BCUT2D eigenvalue weighted by Crippen LogP contribution is -2.00. The molecule has 3 nitrogen and oxygen atoms in total. The maximum atomic E-state index is 4.82. The highest BCUT2D eigenvalue weighted by Gasteiger charge is 1.89. The van der Waals surface area contributed by atoms with Gasteiger partial charge in [-0.05, 0) is 12.1 Å². The predicted molar refractivity (Wildman–Crippen MR) is 40.0 cm³/mol. The van der Waals surface area contributed by atoms with Crippen molar-refractivity contribution < 1.29 is 14.5 Å². The fourth-order valence-corrected chi connectivity index (χ4v) is 0.616. The summed E-state index contributed by atoms with van der Waals surface area (Å²) >= 11 is 0. The van der Waals surface area contributed by atoms with Crippen LogP contribution in [0.3, 0.4) is 0 Å². The Labute approximate surface area is 65.4 Å². The zero-order valence-electron chi connectivity index (χ0n) is 6.32. The molecule has 0 atom stereocenters. The predicted octanol–water partition coefficient (Wildman–Crippen LogP) is 1.60. The Kier molecular flexibility index (Phi) is 3.44. The molecule has 1 aromatic carbocycles. The van der Waals surface area contributed by atoms with Crippen LogP contribution in [-0.2, 0) is 9.62 Å². The third-order valence-corrected chi connectivity index (χ3v) is 1.06. The summed E-state index contributed by atoms with van der Waals surface area (Å²) in [6, 6.07) is 9.24. The minimum absolute atomic E-state index is 0.134. The van der Waals surface area contributed by atoms with Crippen LogP contribution < -0.4 is 4.89 Å². The van der Waals surface area contributed by atoms with Crippen molar-refractivity contribution >= 4 is 0 Å². The van der Waals surface area contributed by atoms with Crippen LogP contribution in [0.1, 0.15) is 0 Å². The number of hydrogen-bond donors (Lipinski definition) is 0. The maximum absolute atomic E-state index is 4.82. The molecule has 0 aliphatic rings. The lowest BCUT2D eigenvalue weighted by Gasteiger charge is -2.01. The van der Waals surface area contributed by atoms with Gasteiger partial charge in [0, 0.05) is 7.11 Å². The monoisotopic (exact) mass is 154 g/mol. The number of ether oxygens (including phenoxy) is 1. The second-order valence-corrected chi connectivity index (χ2v) is 1.92. The summed E-state index contributed by atoms with van der Waals surface area (Å²) in [5.74, 6) is 0.671. The standard InChI is InChI=1S/C8H10O3/c1-9-7-10-11-8-5-3-2-4-6-8/h2-6H,7H2,1H3. The molecule has 0 spiro atoms. The summed E-state index contributed by atoms with van der Waals surface area (Å²) in [6.07, 6.45) is 0. The molecular weight excluding hydrogens is 144 g/mol. The highest BCUT2D eigenvalue weighted by atomic mass is 17.2. The highest BCUT2D eigenvalue weighted by Crippen LogP contribution is 2.07. The van der Waals surface area contributed by atoms with Crippen molar-refractivity contribution in [2.24, 2.45) is 0 Å². The molecule has 0 heterocycles. The number of para-hydroxylation sites is 1. The van der Waals surface area contributed by atoms with Gasteiger partial charge in [-0.1, -0.05) is 18.2 Å². The van der Waals surface area contributed by atoms with Crippen LogP contribution in [0.4, 0.5) is 0 Å². The first-order chi connectivity index (χ1) is 5.43. The quantitative estimate of drug-likeness (QED) is 0.285. The van der Waals surface area contributed by atoms with Gasteiger partial charge in [0.15, 0.2) is 12.5 Å². The van der Waals surface area contributed by atoms with Gasteiger partial charge in [-0.25, -0.2) is 0 Å². The highest BCUT2D eigenvalue weighted by molar-refractivity contribution is 5.20. The molecule has 1 rings (SSSR count). The van der Waals surface area contributed by atoms with Crippen molar-refractivity contribution in [2.45, 2.75) is 0 Å². The van der Waals surface area contributed by atoms with E-state index in [2.05, 4.69) is 9.62 Å². The smallest absolute Gasteiger partial charge is 0.192 e. The van der Waals surface area contributed by atoms with Gasteiger partial charge >= 0.3 is 0 Å². The molecular formula is C8H10O3. The van der Waals surface area contributed by atoms with Gasteiger partial charge in [-0.3, -0.25) is 0 Å². The van der Waals surface area contributed by atoms with Crippen LogP contribution in [0.25, 0.3) is 0 Å². The third kappa shape index (κ3) is 3.02. The Morgan fingerprint density at radius 2 is 1.91 bits per heavy atom. The van der Waals surface area contributed by atoms with Crippen LogP contribution in [0.15, 0.2) is 30.3 Å². The Morgan fingerprint density at radius 3 is 2.55 bits per heavy atom. The van der Waals surface area contributed by atoms with Crippen LogP contribution in [0.2, 0.25) is 0 Å². The van der Waals surface area contributed by atoms with Gasteiger partial charge in [0.05, 0.1) is 0 Å². The molecule has 0 amide bonds. The molecule has 3 heteroatoms. The lowest BCUT2D eigenvalue weighted by molar-refractivity contribution is -0.260. The number of hydrogen-bond acceptors (Lipinski definition) is 3. The largest absolute Gasteiger partial charge is 0.355 e. The van der Waals surface area contributed by atoms with E-state index in [1.807, 2.05) is 18.2 Å². The van der Waals surface area contributed by atoms with Crippen molar-refractivity contribution in [3.05, 3.63) is 30.3 Å². The first kappa shape index (κ1) is 8.04. The van der Waals surface area contributed by atoms with E-state index in [4.69, 9.17) is 4.89 Å². The van der Waals surface area contributed by atoms with E-state index in [1.54, 1.807) is 12.1 Å². The molecule has 0 saturated heterocycles. The lowest BCUT2D eigenvalue weighted by atomic mass is 10.3. The minimum atomic E-state index is 0.134. The average Bonchev–Trinajstić information content (AvgIpc) is 2.07. The van der Waals surface area contributed by atoms with Crippen LogP contribution in [-0.4, -0.2) is 13.9 Å². The van der Waals surface area contributed by atoms with E-state index >= 15 is 0 Å². The third-order valence-electron chi connectivity index (χ3n) is 1.06. The molecule has 0 unspecified atom stereocenters.